The molecule has 5 nitrogen and oxygen atoms in total. The zero-order valence-corrected chi connectivity index (χ0v) is 13.0. The van der Waals surface area contributed by atoms with Gasteiger partial charge in [-0.15, -0.1) is 0 Å². The van der Waals surface area contributed by atoms with Crippen LogP contribution in [0.4, 0.5) is 4.39 Å². The molecule has 1 N–H and O–H groups in total. The van der Waals surface area contributed by atoms with Gasteiger partial charge in [-0.25, -0.2) is 4.39 Å². The molecule has 6 heteroatoms. The Bertz CT molecular complexity index is 940. The molecule has 3 aromatic rings. The van der Waals surface area contributed by atoms with Gasteiger partial charge in [-0.2, -0.15) is 0 Å². The molecule has 0 fully saturated rings. The van der Waals surface area contributed by atoms with Crippen molar-refractivity contribution in [3.05, 3.63) is 59.5 Å². The van der Waals surface area contributed by atoms with E-state index in [4.69, 9.17) is 9.47 Å². The van der Waals surface area contributed by atoms with E-state index in [1.165, 1.54) is 20.4 Å². The normalized spacial score (nSPS) is 10.6. The smallest absolute Gasteiger partial charge is 0.198 e. The predicted octanol–water partition coefficient (Wildman–Crippen LogP) is 3.33. The number of rotatable bonds is 4. The Morgan fingerprint density at radius 2 is 1.79 bits per heavy atom. The Hall–Kier alpha value is -3.15. The number of pyridine rings is 1. The van der Waals surface area contributed by atoms with Gasteiger partial charge < -0.3 is 14.6 Å². The van der Waals surface area contributed by atoms with Gasteiger partial charge in [0.25, 0.3) is 0 Å². The largest absolute Gasteiger partial charge is 0.507 e. The van der Waals surface area contributed by atoms with Gasteiger partial charge in [-0.1, -0.05) is 0 Å². The van der Waals surface area contributed by atoms with E-state index in [9.17, 15) is 14.3 Å². The first-order valence-electron chi connectivity index (χ1n) is 7.08. The number of ketones is 1. The Labute approximate surface area is 137 Å². The van der Waals surface area contributed by atoms with E-state index < -0.39 is 11.6 Å². The monoisotopic (exact) mass is 327 g/mol. The number of aromatic nitrogens is 1. The Morgan fingerprint density at radius 1 is 1.08 bits per heavy atom. The zero-order chi connectivity index (χ0) is 17.3. The molecule has 0 atom stereocenters. The van der Waals surface area contributed by atoms with Gasteiger partial charge in [0.1, 0.15) is 11.6 Å². The molecule has 0 spiro atoms. The van der Waals surface area contributed by atoms with Crippen LogP contribution in [0.15, 0.2) is 42.6 Å². The molecule has 0 aliphatic rings. The molecule has 24 heavy (non-hydrogen) atoms. The molecule has 0 bridgehead atoms. The molecule has 3 rings (SSSR count). The molecule has 0 aliphatic heterocycles. The fourth-order valence-electron chi connectivity index (χ4n) is 2.43. The van der Waals surface area contributed by atoms with Crippen molar-refractivity contribution in [1.29, 1.82) is 0 Å². The first-order chi connectivity index (χ1) is 11.5. The minimum Gasteiger partial charge on any atom is -0.507 e. The summed E-state index contributed by atoms with van der Waals surface area (Å²) in [5.74, 6) is -0.370. The predicted molar refractivity (Wildman–Crippen MR) is 86.3 cm³/mol. The van der Waals surface area contributed by atoms with Gasteiger partial charge in [0, 0.05) is 23.2 Å². The second-order valence-corrected chi connectivity index (χ2v) is 5.11. The second-order valence-electron chi connectivity index (χ2n) is 5.11. The van der Waals surface area contributed by atoms with Crippen LogP contribution in [0.2, 0.25) is 0 Å². The van der Waals surface area contributed by atoms with Crippen LogP contribution >= 0.6 is 0 Å². The van der Waals surface area contributed by atoms with Crippen LogP contribution in [0, 0.1) is 5.82 Å². The number of phenols is 1. The van der Waals surface area contributed by atoms with Crippen LogP contribution in [-0.2, 0) is 0 Å². The van der Waals surface area contributed by atoms with Gasteiger partial charge in [-0.3, -0.25) is 9.78 Å². The number of phenolic OH excluding ortho intramolecular Hbond substituents is 1. The van der Waals surface area contributed by atoms with Gasteiger partial charge >= 0.3 is 0 Å². The van der Waals surface area contributed by atoms with Crippen LogP contribution < -0.4 is 9.47 Å². The number of methoxy groups -OCH3 is 2. The van der Waals surface area contributed by atoms with Gasteiger partial charge in [0.05, 0.1) is 25.3 Å². The maximum atomic E-state index is 13.3. The van der Waals surface area contributed by atoms with Gasteiger partial charge in [0.15, 0.2) is 17.3 Å². The van der Waals surface area contributed by atoms with E-state index in [-0.39, 0.29) is 16.9 Å². The topological polar surface area (TPSA) is 68.7 Å². The van der Waals surface area contributed by atoms with Crippen molar-refractivity contribution in [2.24, 2.45) is 0 Å². The lowest BCUT2D eigenvalue weighted by Crippen LogP contribution is -2.03. The van der Waals surface area contributed by atoms with Crippen molar-refractivity contribution in [2.45, 2.75) is 0 Å². The van der Waals surface area contributed by atoms with Crippen LogP contribution in [0.5, 0.6) is 17.2 Å². The maximum absolute atomic E-state index is 13.3. The van der Waals surface area contributed by atoms with Crippen molar-refractivity contribution in [3.8, 4) is 17.2 Å². The van der Waals surface area contributed by atoms with Gasteiger partial charge in [-0.05, 0) is 30.3 Å². The fourth-order valence-corrected chi connectivity index (χ4v) is 2.43. The summed E-state index contributed by atoms with van der Waals surface area (Å²) in [6.07, 6.45) is 1.38. The molecule has 1 heterocycles. The van der Waals surface area contributed by atoms with Crippen molar-refractivity contribution in [1.82, 2.24) is 4.98 Å². The van der Waals surface area contributed by atoms with E-state index in [2.05, 4.69) is 4.98 Å². The highest BCUT2D eigenvalue weighted by atomic mass is 19.1. The van der Waals surface area contributed by atoms with Crippen LogP contribution in [0.1, 0.15) is 15.9 Å². The van der Waals surface area contributed by atoms with Crippen LogP contribution in [-0.4, -0.2) is 30.1 Å². The summed E-state index contributed by atoms with van der Waals surface area (Å²) < 4.78 is 23.8. The number of carbonyl (C=O) groups excluding carboxylic acids is 1. The summed E-state index contributed by atoms with van der Waals surface area (Å²) in [6.45, 7) is 0. The first kappa shape index (κ1) is 15.7. The number of hydrogen-bond acceptors (Lipinski definition) is 5. The third kappa shape index (κ3) is 2.74. The van der Waals surface area contributed by atoms with Crippen LogP contribution in [0.3, 0.4) is 0 Å². The molecule has 0 amide bonds. The Balaban J connectivity index is 2.10. The molecule has 0 unspecified atom stereocenters. The van der Waals surface area contributed by atoms with Crippen molar-refractivity contribution in [2.75, 3.05) is 14.2 Å². The average Bonchev–Trinajstić information content (AvgIpc) is 2.61. The zero-order valence-electron chi connectivity index (χ0n) is 13.0. The molecule has 122 valence electrons. The lowest BCUT2D eigenvalue weighted by Gasteiger charge is -2.10. The minimum absolute atomic E-state index is 0.114. The highest BCUT2D eigenvalue weighted by Gasteiger charge is 2.16. The Kier molecular flexibility index (Phi) is 4.04. The summed E-state index contributed by atoms with van der Waals surface area (Å²) in [4.78, 5) is 16.8. The summed E-state index contributed by atoms with van der Waals surface area (Å²) in [5, 5.41) is 10.4. The molecule has 0 radical (unpaired) electrons. The van der Waals surface area contributed by atoms with E-state index in [1.807, 2.05) is 0 Å². The summed E-state index contributed by atoms with van der Waals surface area (Å²) in [5.41, 5.74) is 0.736. The molecular weight excluding hydrogens is 313 g/mol. The molecule has 0 saturated carbocycles. The Morgan fingerprint density at radius 3 is 2.50 bits per heavy atom. The lowest BCUT2D eigenvalue weighted by atomic mass is 10.0. The minimum atomic E-state index is -0.601. The number of benzene rings is 2. The van der Waals surface area contributed by atoms with Crippen LogP contribution in [0.25, 0.3) is 10.9 Å². The summed E-state index contributed by atoms with van der Waals surface area (Å²) >= 11 is 0. The summed E-state index contributed by atoms with van der Waals surface area (Å²) in [7, 11) is 3.03. The second kappa shape index (κ2) is 6.16. The number of ether oxygens (including phenoxy) is 2. The molecule has 2 aromatic carbocycles. The molecule has 1 aromatic heterocycles. The lowest BCUT2D eigenvalue weighted by molar-refractivity contribution is 0.103. The van der Waals surface area contributed by atoms with E-state index in [1.54, 1.807) is 18.2 Å². The number of nitrogens with zero attached hydrogens (tertiary/aromatic N) is 1. The quantitative estimate of drug-likeness (QED) is 0.745. The third-order valence-electron chi connectivity index (χ3n) is 3.65. The number of carbonyl (C=O) groups is 1. The first-order valence-corrected chi connectivity index (χ1v) is 7.08. The molecule has 0 saturated heterocycles. The number of aromatic hydroxyl groups is 1. The number of fused-ring (bicyclic) bond motifs is 1. The van der Waals surface area contributed by atoms with Crippen molar-refractivity contribution in [3.63, 3.8) is 0 Å². The summed E-state index contributed by atoms with van der Waals surface area (Å²) in [6, 6.07) is 8.23. The van der Waals surface area contributed by atoms with Crippen molar-refractivity contribution >= 4 is 16.7 Å². The SMILES string of the molecule is COc1cc2cc(C(=O)c3cc(F)ccc3O)cnc2cc1OC. The van der Waals surface area contributed by atoms with E-state index in [0.717, 1.165) is 18.2 Å². The fraction of sp³-hybridized carbons (Fsp3) is 0.111. The number of halogens is 1. The van der Waals surface area contributed by atoms with Gasteiger partial charge in [0.2, 0.25) is 0 Å². The highest BCUT2D eigenvalue weighted by Crippen LogP contribution is 2.32. The maximum Gasteiger partial charge on any atom is 0.198 e. The standard InChI is InChI=1S/C18H14FNO4/c1-23-16-6-10-5-11(9-20-14(10)8-17(16)24-2)18(22)13-7-12(19)3-4-15(13)21/h3-9,21H,1-2H3. The molecular formula is C18H14FNO4. The third-order valence-corrected chi connectivity index (χ3v) is 3.65. The van der Waals surface area contributed by atoms with Crippen molar-refractivity contribution < 1.29 is 23.8 Å². The van der Waals surface area contributed by atoms with E-state index >= 15 is 0 Å². The highest BCUT2D eigenvalue weighted by molar-refractivity contribution is 6.11. The average molecular weight is 327 g/mol. The number of hydrogen-bond donors (Lipinski definition) is 1. The van der Waals surface area contributed by atoms with E-state index in [0.29, 0.717) is 22.4 Å². The molecule has 0 aliphatic carbocycles.